The van der Waals surface area contributed by atoms with Crippen molar-refractivity contribution in [2.45, 2.75) is 45.3 Å². The van der Waals surface area contributed by atoms with Crippen molar-refractivity contribution in [3.05, 3.63) is 34.9 Å². The Morgan fingerprint density at radius 3 is 2.48 bits per heavy atom. The number of hydrogen-bond donors (Lipinski definition) is 2. The van der Waals surface area contributed by atoms with E-state index in [4.69, 9.17) is 0 Å². The van der Waals surface area contributed by atoms with Crippen molar-refractivity contribution in [2.24, 2.45) is 11.8 Å². The monoisotopic (exact) mass is 341 g/mol. The highest BCUT2D eigenvalue weighted by Crippen LogP contribution is 2.37. The maximum absolute atomic E-state index is 12.4. The van der Waals surface area contributed by atoms with Gasteiger partial charge in [0.1, 0.15) is 6.54 Å². The molecule has 25 heavy (non-hydrogen) atoms. The summed E-state index contributed by atoms with van der Waals surface area (Å²) in [4.78, 5) is 38.2. The lowest BCUT2D eigenvalue weighted by atomic mass is 9.81. The number of carbonyl (C=O) groups is 3. The third-order valence-corrected chi connectivity index (χ3v) is 5.63. The van der Waals surface area contributed by atoms with Crippen LogP contribution in [-0.4, -0.2) is 29.2 Å². The molecular formula is C19H23N3O3. The first-order chi connectivity index (χ1) is 12.1. The van der Waals surface area contributed by atoms with Crippen molar-refractivity contribution >= 4 is 17.7 Å². The van der Waals surface area contributed by atoms with Gasteiger partial charge in [0.05, 0.1) is 11.8 Å². The fourth-order valence-electron chi connectivity index (χ4n) is 4.25. The van der Waals surface area contributed by atoms with Crippen LogP contribution >= 0.6 is 0 Å². The molecule has 1 saturated carbocycles. The lowest BCUT2D eigenvalue weighted by Crippen LogP contribution is -2.40. The summed E-state index contributed by atoms with van der Waals surface area (Å²) in [5, 5.41) is 6.13. The van der Waals surface area contributed by atoms with E-state index in [1.165, 1.54) is 16.0 Å². The van der Waals surface area contributed by atoms with E-state index in [1.54, 1.807) is 0 Å². The molecule has 1 saturated heterocycles. The number of amides is 3. The Hall–Kier alpha value is -2.21. The van der Waals surface area contributed by atoms with Crippen LogP contribution in [0.3, 0.4) is 0 Å². The predicted molar refractivity (Wildman–Crippen MR) is 91.0 cm³/mol. The van der Waals surface area contributed by atoms with Crippen molar-refractivity contribution in [1.82, 2.24) is 15.5 Å². The SMILES string of the molecule is O=C(CN1C(=O)C2CCCCC2C1=O)NCc1ccc2c(c1)CNC2. The molecule has 1 aliphatic carbocycles. The zero-order chi connectivity index (χ0) is 17.4. The van der Waals surface area contributed by atoms with Crippen LogP contribution in [0.2, 0.25) is 0 Å². The molecule has 2 N–H and O–H groups in total. The second-order valence-electron chi connectivity index (χ2n) is 7.24. The van der Waals surface area contributed by atoms with Crippen molar-refractivity contribution in [2.75, 3.05) is 6.54 Å². The Balaban J connectivity index is 1.34. The van der Waals surface area contributed by atoms with Crippen LogP contribution in [-0.2, 0) is 34.0 Å². The Labute approximate surface area is 147 Å². The fraction of sp³-hybridized carbons (Fsp3) is 0.526. The van der Waals surface area contributed by atoms with Crippen LogP contribution in [0, 0.1) is 11.8 Å². The quantitative estimate of drug-likeness (QED) is 0.804. The number of fused-ring (bicyclic) bond motifs is 2. The summed E-state index contributed by atoms with van der Waals surface area (Å²) in [6.45, 7) is 2.01. The molecule has 2 heterocycles. The standard InChI is InChI=1S/C19H23N3O3/c23-17(21-8-12-5-6-13-9-20-10-14(13)7-12)11-22-18(24)15-3-1-2-4-16(15)19(22)25/h5-7,15-16,20H,1-4,8-11H2,(H,21,23). The molecule has 2 unspecified atom stereocenters. The molecule has 2 atom stereocenters. The summed E-state index contributed by atoms with van der Waals surface area (Å²) in [5.41, 5.74) is 3.59. The summed E-state index contributed by atoms with van der Waals surface area (Å²) >= 11 is 0. The Bertz CT molecular complexity index is 707. The normalized spacial score (nSPS) is 25.0. The lowest BCUT2D eigenvalue weighted by Gasteiger charge is -2.19. The molecule has 3 aliphatic rings. The van der Waals surface area contributed by atoms with Crippen molar-refractivity contribution in [1.29, 1.82) is 0 Å². The van der Waals surface area contributed by atoms with E-state index < -0.39 is 0 Å². The second-order valence-corrected chi connectivity index (χ2v) is 7.24. The van der Waals surface area contributed by atoms with E-state index in [2.05, 4.69) is 22.8 Å². The van der Waals surface area contributed by atoms with E-state index >= 15 is 0 Å². The highest BCUT2D eigenvalue weighted by Gasteiger charge is 2.48. The van der Waals surface area contributed by atoms with Crippen LogP contribution in [0.4, 0.5) is 0 Å². The molecule has 132 valence electrons. The predicted octanol–water partition coefficient (Wildman–Crippen LogP) is 1.08. The largest absolute Gasteiger partial charge is 0.350 e. The molecule has 3 amide bonds. The first-order valence-corrected chi connectivity index (χ1v) is 9.07. The molecule has 4 rings (SSSR count). The number of nitrogens with one attached hydrogen (secondary N) is 2. The molecule has 0 spiro atoms. The van der Waals surface area contributed by atoms with E-state index in [-0.39, 0.29) is 36.1 Å². The first kappa shape index (κ1) is 16.3. The van der Waals surface area contributed by atoms with Crippen LogP contribution in [0.5, 0.6) is 0 Å². The number of benzene rings is 1. The molecule has 6 heteroatoms. The number of likely N-dealkylation sites (tertiary alicyclic amines) is 1. The minimum Gasteiger partial charge on any atom is -0.350 e. The number of imide groups is 1. The van der Waals surface area contributed by atoms with E-state index in [9.17, 15) is 14.4 Å². The fourth-order valence-corrected chi connectivity index (χ4v) is 4.25. The topological polar surface area (TPSA) is 78.5 Å². The molecule has 1 aromatic rings. The first-order valence-electron chi connectivity index (χ1n) is 9.07. The minimum absolute atomic E-state index is 0.156. The molecule has 1 aromatic carbocycles. The Kier molecular flexibility index (Phi) is 4.29. The average Bonchev–Trinajstić information content (AvgIpc) is 3.19. The molecular weight excluding hydrogens is 318 g/mol. The van der Waals surface area contributed by atoms with Gasteiger partial charge in [-0.05, 0) is 29.5 Å². The minimum atomic E-state index is -0.279. The van der Waals surface area contributed by atoms with Gasteiger partial charge in [0, 0.05) is 19.6 Å². The maximum Gasteiger partial charge on any atom is 0.240 e. The van der Waals surface area contributed by atoms with Gasteiger partial charge in [-0.2, -0.15) is 0 Å². The molecule has 2 fully saturated rings. The Morgan fingerprint density at radius 2 is 1.76 bits per heavy atom. The maximum atomic E-state index is 12.4. The zero-order valence-corrected chi connectivity index (χ0v) is 14.2. The Morgan fingerprint density at radius 1 is 1.08 bits per heavy atom. The summed E-state index contributed by atoms with van der Waals surface area (Å²) in [5.74, 6) is -0.989. The van der Waals surface area contributed by atoms with Gasteiger partial charge in [-0.15, -0.1) is 0 Å². The molecule has 0 aromatic heterocycles. The van der Waals surface area contributed by atoms with Crippen molar-refractivity contribution in [3.8, 4) is 0 Å². The molecule has 2 aliphatic heterocycles. The third-order valence-electron chi connectivity index (χ3n) is 5.63. The summed E-state index contributed by atoms with van der Waals surface area (Å²) in [7, 11) is 0. The summed E-state index contributed by atoms with van der Waals surface area (Å²) in [6.07, 6.45) is 3.54. The van der Waals surface area contributed by atoms with E-state index in [0.29, 0.717) is 6.54 Å². The van der Waals surface area contributed by atoms with E-state index in [0.717, 1.165) is 44.3 Å². The summed E-state index contributed by atoms with van der Waals surface area (Å²) in [6, 6.07) is 6.18. The number of nitrogens with zero attached hydrogens (tertiary/aromatic N) is 1. The van der Waals surface area contributed by atoms with Crippen molar-refractivity contribution < 1.29 is 14.4 Å². The van der Waals surface area contributed by atoms with Crippen LogP contribution in [0.25, 0.3) is 0 Å². The van der Waals surface area contributed by atoms with Crippen LogP contribution < -0.4 is 10.6 Å². The molecule has 6 nitrogen and oxygen atoms in total. The van der Waals surface area contributed by atoms with Crippen LogP contribution in [0.15, 0.2) is 18.2 Å². The van der Waals surface area contributed by atoms with Crippen molar-refractivity contribution in [3.63, 3.8) is 0 Å². The summed E-state index contributed by atoms with van der Waals surface area (Å²) < 4.78 is 0. The number of rotatable bonds is 4. The van der Waals surface area contributed by atoms with Crippen LogP contribution in [0.1, 0.15) is 42.4 Å². The number of hydrogen-bond acceptors (Lipinski definition) is 4. The van der Waals surface area contributed by atoms with Gasteiger partial charge in [0.15, 0.2) is 0 Å². The van der Waals surface area contributed by atoms with Gasteiger partial charge in [0.25, 0.3) is 0 Å². The third kappa shape index (κ3) is 3.06. The molecule has 0 radical (unpaired) electrons. The highest BCUT2D eigenvalue weighted by molar-refractivity contribution is 6.07. The smallest absolute Gasteiger partial charge is 0.240 e. The van der Waals surface area contributed by atoms with Gasteiger partial charge in [-0.1, -0.05) is 31.0 Å². The van der Waals surface area contributed by atoms with Gasteiger partial charge < -0.3 is 10.6 Å². The van der Waals surface area contributed by atoms with Gasteiger partial charge in [0.2, 0.25) is 17.7 Å². The highest BCUT2D eigenvalue weighted by atomic mass is 16.2. The number of carbonyl (C=O) groups excluding carboxylic acids is 3. The van der Waals surface area contributed by atoms with Gasteiger partial charge in [-0.25, -0.2) is 0 Å². The average molecular weight is 341 g/mol. The zero-order valence-electron chi connectivity index (χ0n) is 14.2. The lowest BCUT2D eigenvalue weighted by molar-refractivity contribution is -0.143. The second kappa shape index (κ2) is 6.59. The molecule has 0 bridgehead atoms. The van der Waals surface area contributed by atoms with Gasteiger partial charge >= 0.3 is 0 Å². The van der Waals surface area contributed by atoms with Gasteiger partial charge in [-0.3, -0.25) is 19.3 Å². The van der Waals surface area contributed by atoms with E-state index in [1.807, 2.05) is 6.07 Å².